The molecule has 1 aromatic rings. The van der Waals surface area contributed by atoms with Gasteiger partial charge in [-0.15, -0.1) is 6.58 Å². The van der Waals surface area contributed by atoms with Crippen molar-refractivity contribution in [2.45, 2.75) is 26.3 Å². The molecular formula is C12H17N3. The Morgan fingerprint density at radius 2 is 2.27 bits per heavy atom. The van der Waals surface area contributed by atoms with E-state index in [4.69, 9.17) is 0 Å². The molecule has 80 valence electrons. The summed E-state index contributed by atoms with van der Waals surface area (Å²) in [6, 6.07) is 0.349. The maximum Gasteiger partial charge on any atom is 0.145 e. The molecule has 1 heterocycles. The van der Waals surface area contributed by atoms with E-state index in [-0.39, 0.29) is 0 Å². The first kappa shape index (κ1) is 11.4. The lowest BCUT2D eigenvalue weighted by atomic mass is 10.1. The third kappa shape index (κ3) is 3.54. The first-order chi connectivity index (χ1) is 7.13. The average Bonchev–Trinajstić information content (AvgIpc) is 2.17. The molecule has 0 saturated carbocycles. The smallest absolute Gasteiger partial charge is 0.145 e. The van der Waals surface area contributed by atoms with Gasteiger partial charge < -0.3 is 5.32 Å². The van der Waals surface area contributed by atoms with Gasteiger partial charge in [-0.05, 0) is 25.8 Å². The number of nitrogens with one attached hydrogen (secondary N) is 1. The predicted molar refractivity (Wildman–Crippen MR) is 64.6 cm³/mol. The third-order valence-electron chi connectivity index (χ3n) is 1.82. The highest BCUT2D eigenvalue weighted by molar-refractivity contribution is 5.61. The molecule has 0 aromatic carbocycles. The van der Waals surface area contributed by atoms with Crippen LogP contribution in [0.5, 0.6) is 0 Å². The summed E-state index contributed by atoms with van der Waals surface area (Å²) in [5.41, 5.74) is 1.76. The lowest BCUT2D eigenvalue weighted by Gasteiger charge is -2.09. The van der Waals surface area contributed by atoms with Crippen LogP contribution in [0.4, 0.5) is 5.82 Å². The summed E-state index contributed by atoms with van der Waals surface area (Å²) in [5, 5.41) is 3.20. The van der Waals surface area contributed by atoms with Gasteiger partial charge in [-0.2, -0.15) is 0 Å². The Morgan fingerprint density at radius 1 is 1.53 bits per heavy atom. The van der Waals surface area contributed by atoms with E-state index in [1.807, 2.05) is 6.08 Å². The van der Waals surface area contributed by atoms with Crippen molar-refractivity contribution < 1.29 is 0 Å². The molecule has 0 bridgehead atoms. The summed E-state index contributed by atoms with van der Waals surface area (Å²) in [5.74, 6) is 0.785. The molecule has 0 spiro atoms. The van der Waals surface area contributed by atoms with Crippen LogP contribution in [0.15, 0.2) is 31.6 Å². The van der Waals surface area contributed by atoms with Crippen LogP contribution in [-0.4, -0.2) is 16.0 Å². The van der Waals surface area contributed by atoms with Crippen LogP contribution in [0, 0.1) is 0 Å². The summed E-state index contributed by atoms with van der Waals surface area (Å²) in [7, 11) is 0. The Hall–Kier alpha value is -1.64. The lowest BCUT2D eigenvalue weighted by molar-refractivity contribution is 0.884. The number of allylic oxidation sites excluding steroid dienone is 2. The first-order valence-electron chi connectivity index (χ1n) is 5.01. The molecule has 1 rings (SSSR count). The van der Waals surface area contributed by atoms with Crippen LogP contribution in [0.3, 0.4) is 0 Å². The minimum atomic E-state index is 0.349. The molecule has 3 heteroatoms. The lowest BCUT2D eigenvalue weighted by Crippen LogP contribution is -2.11. The number of rotatable bonds is 5. The number of aromatic nitrogens is 2. The number of anilines is 1. The molecule has 3 nitrogen and oxygen atoms in total. The van der Waals surface area contributed by atoms with E-state index in [0.29, 0.717) is 6.04 Å². The fraction of sp³-hybridized carbons (Fsp3) is 0.333. The van der Waals surface area contributed by atoms with E-state index < -0.39 is 0 Å². The largest absolute Gasteiger partial charge is 0.367 e. The summed E-state index contributed by atoms with van der Waals surface area (Å²) in [6.07, 6.45) is 5.98. The zero-order valence-electron chi connectivity index (χ0n) is 9.33. The van der Waals surface area contributed by atoms with Gasteiger partial charge in [0.25, 0.3) is 0 Å². The van der Waals surface area contributed by atoms with Crippen LogP contribution < -0.4 is 5.32 Å². The van der Waals surface area contributed by atoms with Crippen LogP contribution in [0.2, 0.25) is 0 Å². The second-order valence-electron chi connectivity index (χ2n) is 3.68. The molecule has 0 atom stereocenters. The standard InChI is InChI=1S/C12H17N3/c1-5-6-10(4)11-7-13-8-12(15-11)14-9(2)3/h5,7-9H,1,4,6H2,2-3H3,(H,14,15). The highest BCUT2D eigenvalue weighted by atomic mass is 15.0. The highest BCUT2D eigenvalue weighted by Crippen LogP contribution is 2.14. The van der Waals surface area contributed by atoms with E-state index in [1.165, 1.54) is 0 Å². The van der Waals surface area contributed by atoms with E-state index in [2.05, 4.69) is 42.3 Å². The second kappa shape index (κ2) is 5.29. The van der Waals surface area contributed by atoms with Crippen molar-refractivity contribution in [1.29, 1.82) is 0 Å². The Kier molecular flexibility index (Phi) is 4.03. The van der Waals surface area contributed by atoms with E-state index in [1.54, 1.807) is 12.4 Å². The van der Waals surface area contributed by atoms with Crippen LogP contribution in [-0.2, 0) is 0 Å². The molecule has 1 aromatic heterocycles. The van der Waals surface area contributed by atoms with Crippen molar-refractivity contribution in [2.24, 2.45) is 0 Å². The Bertz CT molecular complexity index is 356. The van der Waals surface area contributed by atoms with Gasteiger partial charge in [0, 0.05) is 6.04 Å². The monoisotopic (exact) mass is 203 g/mol. The van der Waals surface area contributed by atoms with Crippen LogP contribution >= 0.6 is 0 Å². The normalized spacial score (nSPS) is 10.1. The van der Waals surface area contributed by atoms with Gasteiger partial charge >= 0.3 is 0 Å². The summed E-state index contributed by atoms with van der Waals surface area (Å²) in [4.78, 5) is 8.53. The number of nitrogens with zero attached hydrogens (tertiary/aromatic N) is 2. The Morgan fingerprint density at radius 3 is 2.87 bits per heavy atom. The first-order valence-corrected chi connectivity index (χ1v) is 5.01. The minimum Gasteiger partial charge on any atom is -0.367 e. The van der Waals surface area contributed by atoms with Gasteiger partial charge in [0.2, 0.25) is 0 Å². The fourth-order valence-electron chi connectivity index (χ4n) is 1.18. The molecule has 0 radical (unpaired) electrons. The third-order valence-corrected chi connectivity index (χ3v) is 1.82. The molecular weight excluding hydrogens is 186 g/mol. The average molecular weight is 203 g/mol. The molecule has 0 aliphatic rings. The molecule has 0 saturated heterocycles. The van der Waals surface area contributed by atoms with Gasteiger partial charge in [-0.1, -0.05) is 12.7 Å². The zero-order valence-corrected chi connectivity index (χ0v) is 9.33. The van der Waals surface area contributed by atoms with E-state index >= 15 is 0 Å². The Labute approximate surface area is 91.0 Å². The van der Waals surface area contributed by atoms with Crippen molar-refractivity contribution in [3.05, 3.63) is 37.3 Å². The summed E-state index contributed by atoms with van der Waals surface area (Å²) < 4.78 is 0. The van der Waals surface area contributed by atoms with Crippen molar-refractivity contribution in [2.75, 3.05) is 5.32 Å². The van der Waals surface area contributed by atoms with Crippen molar-refractivity contribution >= 4 is 11.4 Å². The van der Waals surface area contributed by atoms with Gasteiger partial charge in [-0.3, -0.25) is 4.98 Å². The Balaban J connectivity index is 2.82. The fourth-order valence-corrected chi connectivity index (χ4v) is 1.18. The van der Waals surface area contributed by atoms with Crippen molar-refractivity contribution in [1.82, 2.24) is 9.97 Å². The van der Waals surface area contributed by atoms with Crippen molar-refractivity contribution in [3.8, 4) is 0 Å². The molecule has 1 N–H and O–H groups in total. The molecule has 0 unspecified atom stereocenters. The maximum atomic E-state index is 4.41. The van der Waals surface area contributed by atoms with Crippen LogP contribution in [0.1, 0.15) is 26.0 Å². The summed E-state index contributed by atoms with van der Waals surface area (Å²) in [6.45, 7) is 11.7. The van der Waals surface area contributed by atoms with Crippen molar-refractivity contribution in [3.63, 3.8) is 0 Å². The SMILES string of the molecule is C=CCC(=C)c1cncc(NC(C)C)n1. The number of hydrogen-bond acceptors (Lipinski definition) is 3. The summed E-state index contributed by atoms with van der Waals surface area (Å²) >= 11 is 0. The molecule has 0 fully saturated rings. The predicted octanol–water partition coefficient (Wildman–Crippen LogP) is 2.89. The maximum absolute atomic E-state index is 4.41. The van der Waals surface area contributed by atoms with E-state index in [0.717, 1.165) is 23.5 Å². The van der Waals surface area contributed by atoms with E-state index in [9.17, 15) is 0 Å². The van der Waals surface area contributed by atoms with Gasteiger partial charge in [0.1, 0.15) is 5.82 Å². The molecule has 0 amide bonds. The minimum absolute atomic E-state index is 0.349. The molecule has 0 aliphatic heterocycles. The van der Waals surface area contributed by atoms with Gasteiger partial charge in [0.05, 0.1) is 18.1 Å². The molecule has 15 heavy (non-hydrogen) atoms. The molecule has 0 aliphatic carbocycles. The van der Waals surface area contributed by atoms with Gasteiger partial charge in [0.15, 0.2) is 0 Å². The number of hydrogen-bond donors (Lipinski definition) is 1. The van der Waals surface area contributed by atoms with Gasteiger partial charge in [-0.25, -0.2) is 4.98 Å². The highest BCUT2D eigenvalue weighted by Gasteiger charge is 2.02. The zero-order chi connectivity index (χ0) is 11.3. The topological polar surface area (TPSA) is 37.8 Å². The van der Waals surface area contributed by atoms with Crippen LogP contribution in [0.25, 0.3) is 5.57 Å². The second-order valence-corrected chi connectivity index (χ2v) is 3.68. The quantitative estimate of drug-likeness (QED) is 0.748.